The van der Waals surface area contributed by atoms with Gasteiger partial charge in [-0.3, -0.25) is 0 Å². The molecule has 4 fully saturated rings. The fraction of sp³-hybridized carbons (Fsp3) is 0.933. The zero-order chi connectivity index (χ0) is 22.6. The maximum Gasteiger partial charge on any atom is 0.0594 e. The summed E-state index contributed by atoms with van der Waals surface area (Å²) in [5, 5.41) is 10.9. The van der Waals surface area contributed by atoms with Crippen molar-refractivity contribution in [3.63, 3.8) is 0 Å². The summed E-state index contributed by atoms with van der Waals surface area (Å²) in [5.41, 5.74) is 3.48. The molecule has 0 aliphatic heterocycles. The van der Waals surface area contributed by atoms with Crippen LogP contribution in [0.2, 0.25) is 0 Å². The highest BCUT2D eigenvalue weighted by atomic mass is 16.3. The van der Waals surface area contributed by atoms with Crippen LogP contribution in [0.5, 0.6) is 0 Å². The van der Waals surface area contributed by atoms with Crippen molar-refractivity contribution in [3.05, 3.63) is 11.6 Å². The summed E-state index contributed by atoms with van der Waals surface area (Å²) in [5.74, 6) is 4.13. The van der Waals surface area contributed by atoms with Crippen molar-refractivity contribution < 1.29 is 5.11 Å². The molecule has 0 aromatic rings. The third-order valence-corrected chi connectivity index (χ3v) is 13.1. The second-order valence-corrected chi connectivity index (χ2v) is 14.7. The highest BCUT2D eigenvalue weighted by Gasteiger charge is 2.68. The van der Waals surface area contributed by atoms with Crippen LogP contribution in [0.25, 0.3) is 0 Å². The van der Waals surface area contributed by atoms with Crippen molar-refractivity contribution in [2.24, 2.45) is 56.7 Å². The zero-order valence-electron chi connectivity index (χ0n) is 21.9. The monoisotopic (exact) mass is 426 g/mol. The van der Waals surface area contributed by atoms with Crippen LogP contribution in [0.1, 0.15) is 113 Å². The maximum atomic E-state index is 10.9. The van der Waals surface area contributed by atoms with Gasteiger partial charge in [0.2, 0.25) is 0 Å². The van der Waals surface area contributed by atoms with Gasteiger partial charge in [-0.2, -0.15) is 0 Å². The molecule has 0 spiro atoms. The van der Waals surface area contributed by atoms with E-state index in [1.807, 2.05) is 5.57 Å². The van der Waals surface area contributed by atoms with Crippen molar-refractivity contribution in [2.75, 3.05) is 0 Å². The average molecular weight is 427 g/mol. The van der Waals surface area contributed by atoms with Crippen molar-refractivity contribution in [1.82, 2.24) is 0 Å². The van der Waals surface area contributed by atoms with E-state index in [1.54, 1.807) is 0 Å². The Bertz CT molecular complexity index is 777. The molecule has 1 nitrogen and oxygen atoms in total. The van der Waals surface area contributed by atoms with E-state index in [1.165, 1.54) is 51.4 Å². The minimum absolute atomic E-state index is 0.0340. The van der Waals surface area contributed by atoms with E-state index in [0.717, 1.165) is 30.1 Å². The molecule has 1 heteroatoms. The molecule has 0 aromatic carbocycles. The van der Waals surface area contributed by atoms with Gasteiger partial charge < -0.3 is 5.11 Å². The molecule has 4 saturated carbocycles. The molecular formula is C30H50O. The van der Waals surface area contributed by atoms with Gasteiger partial charge in [-0.25, -0.2) is 0 Å². The molecule has 9 unspecified atom stereocenters. The lowest BCUT2D eigenvalue weighted by Crippen LogP contribution is -2.62. The van der Waals surface area contributed by atoms with Crippen molar-refractivity contribution in [3.8, 4) is 0 Å². The van der Waals surface area contributed by atoms with Gasteiger partial charge in [0.05, 0.1) is 6.10 Å². The van der Waals surface area contributed by atoms with Crippen LogP contribution >= 0.6 is 0 Å². The number of fused-ring (bicyclic) bond motifs is 7. The van der Waals surface area contributed by atoms with Crippen molar-refractivity contribution in [1.29, 1.82) is 0 Å². The number of allylic oxidation sites excluding steroid dienone is 2. The van der Waals surface area contributed by atoms with Gasteiger partial charge in [0.15, 0.2) is 0 Å². The molecule has 0 heterocycles. The highest BCUT2D eigenvalue weighted by Crippen LogP contribution is 2.76. The maximum absolute atomic E-state index is 10.9. The van der Waals surface area contributed by atoms with Gasteiger partial charge >= 0.3 is 0 Å². The van der Waals surface area contributed by atoms with Crippen LogP contribution in [-0.4, -0.2) is 11.2 Å². The van der Waals surface area contributed by atoms with Crippen LogP contribution in [0, 0.1) is 56.7 Å². The summed E-state index contributed by atoms with van der Waals surface area (Å²) in [4.78, 5) is 0. The molecule has 9 atom stereocenters. The minimum Gasteiger partial charge on any atom is -0.393 e. The number of hydrogen-bond donors (Lipinski definition) is 1. The molecule has 0 amide bonds. The summed E-state index contributed by atoms with van der Waals surface area (Å²) < 4.78 is 0. The minimum atomic E-state index is -0.136. The first kappa shape index (κ1) is 22.5. The topological polar surface area (TPSA) is 20.2 Å². The SMILES string of the molecule is CC(C)C1CCC2(C)CCC3(C)C(CC=C4C5(C)CCC(O)C(C)(C)C5CCC43C)C12. The molecule has 1 N–H and O–H groups in total. The molecular weight excluding hydrogens is 376 g/mol. The Morgan fingerprint density at radius 3 is 2.26 bits per heavy atom. The van der Waals surface area contributed by atoms with Gasteiger partial charge in [-0.05, 0) is 114 Å². The standard InChI is InChI=1S/C30H50O/c1-19(2)20-11-14-27(5)17-18-29(7)21(25(20)27)9-10-23-28(6)15-13-24(31)26(3,4)22(28)12-16-30(23,29)8/h10,19-22,24-25,31H,9,11-18H2,1-8H3. The Kier molecular flexibility index (Phi) is 4.82. The van der Waals surface area contributed by atoms with E-state index < -0.39 is 0 Å². The molecule has 0 saturated heterocycles. The summed E-state index contributed by atoms with van der Waals surface area (Å²) in [6, 6.07) is 0. The molecule has 31 heavy (non-hydrogen) atoms. The first-order chi connectivity index (χ1) is 14.3. The van der Waals surface area contributed by atoms with Gasteiger partial charge in [-0.15, -0.1) is 0 Å². The fourth-order valence-corrected chi connectivity index (χ4v) is 10.9. The van der Waals surface area contributed by atoms with Crippen LogP contribution in [-0.2, 0) is 0 Å². The zero-order valence-corrected chi connectivity index (χ0v) is 21.9. The molecule has 5 aliphatic rings. The molecule has 5 aliphatic carbocycles. The normalized spacial score (nSPS) is 55.7. The lowest BCUT2D eigenvalue weighted by Gasteiger charge is -2.70. The van der Waals surface area contributed by atoms with E-state index >= 15 is 0 Å². The number of aliphatic hydroxyl groups is 1. The van der Waals surface area contributed by atoms with E-state index in [2.05, 4.69) is 61.5 Å². The average Bonchev–Trinajstić information content (AvgIpc) is 3.04. The van der Waals surface area contributed by atoms with Crippen molar-refractivity contribution >= 4 is 0 Å². The van der Waals surface area contributed by atoms with E-state index in [4.69, 9.17) is 0 Å². The van der Waals surface area contributed by atoms with Gasteiger partial charge in [-0.1, -0.05) is 67.0 Å². The van der Waals surface area contributed by atoms with Crippen LogP contribution in [0.15, 0.2) is 11.6 Å². The Balaban J connectivity index is 1.59. The Hall–Kier alpha value is -0.300. The molecule has 5 rings (SSSR count). The third-order valence-electron chi connectivity index (χ3n) is 13.1. The quantitative estimate of drug-likeness (QED) is 0.421. The second-order valence-electron chi connectivity index (χ2n) is 14.7. The van der Waals surface area contributed by atoms with Crippen LogP contribution in [0.3, 0.4) is 0 Å². The largest absolute Gasteiger partial charge is 0.393 e. The summed E-state index contributed by atoms with van der Waals surface area (Å²) >= 11 is 0. The smallest absolute Gasteiger partial charge is 0.0594 e. The Labute approximate surface area is 192 Å². The molecule has 0 radical (unpaired) electrons. The summed E-state index contributed by atoms with van der Waals surface area (Å²) in [6.45, 7) is 20.4. The predicted molar refractivity (Wildman–Crippen MR) is 131 cm³/mol. The van der Waals surface area contributed by atoms with Gasteiger partial charge in [0.1, 0.15) is 0 Å². The lowest BCUT2D eigenvalue weighted by molar-refractivity contribution is -0.159. The number of rotatable bonds is 1. The third kappa shape index (κ3) is 2.65. The summed E-state index contributed by atoms with van der Waals surface area (Å²) in [7, 11) is 0. The molecule has 176 valence electrons. The van der Waals surface area contributed by atoms with Crippen molar-refractivity contribution in [2.45, 2.75) is 119 Å². The van der Waals surface area contributed by atoms with E-state index in [9.17, 15) is 5.11 Å². The Morgan fingerprint density at radius 1 is 0.871 bits per heavy atom. The lowest BCUT2D eigenvalue weighted by atomic mass is 9.35. The number of hydrogen-bond acceptors (Lipinski definition) is 1. The first-order valence-corrected chi connectivity index (χ1v) is 13.7. The van der Waals surface area contributed by atoms with Gasteiger partial charge in [0.25, 0.3) is 0 Å². The van der Waals surface area contributed by atoms with Crippen LogP contribution in [0.4, 0.5) is 0 Å². The van der Waals surface area contributed by atoms with E-state index in [0.29, 0.717) is 22.2 Å². The predicted octanol–water partition coefficient (Wildman–Crippen LogP) is 8.02. The first-order valence-electron chi connectivity index (χ1n) is 13.7. The second kappa shape index (κ2) is 6.64. The van der Waals surface area contributed by atoms with Gasteiger partial charge in [0, 0.05) is 0 Å². The summed E-state index contributed by atoms with van der Waals surface area (Å²) in [6.07, 6.45) is 14.6. The van der Waals surface area contributed by atoms with Crippen LogP contribution < -0.4 is 0 Å². The highest BCUT2D eigenvalue weighted by molar-refractivity contribution is 5.35. The number of aliphatic hydroxyl groups excluding tert-OH is 1. The van der Waals surface area contributed by atoms with E-state index in [-0.39, 0.29) is 16.9 Å². The molecule has 0 bridgehead atoms. The fourth-order valence-electron chi connectivity index (χ4n) is 10.9. The molecule has 0 aromatic heterocycles. The Morgan fingerprint density at radius 2 is 1.58 bits per heavy atom.